The lowest BCUT2D eigenvalue weighted by atomic mass is 10.2. The average molecular weight is 245 g/mol. The van der Waals surface area contributed by atoms with Crippen LogP contribution in [0, 0.1) is 11.3 Å². The summed E-state index contributed by atoms with van der Waals surface area (Å²) >= 11 is 0. The Labute approximate surface area is 108 Å². The lowest BCUT2D eigenvalue weighted by Crippen LogP contribution is -2.39. The first kappa shape index (κ1) is 12.7. The van der Waals surface area contributed by atoms with E-state index in [1.165, 1.54) is 12.8 Å². The number of rotatable bonds is 6. The van der Waals surface area contributed by atoms with Crippen molar-refractivity contribution in [2.24, 2.45) is 0 Å². The topological polar surface area (TPSA) is 48.3 Å². The van der Waals surface area contributed by atoms with Crippen LogP contribution in [0.15, 0.2) is 24.3 Å². The Hall–Kier alpha value is -1.73. The Bertz CT molecular complexity index is 420. The molecule has 1 fully saturated rings. The molecule has 1 aromatic rings. The maximum atomic E-state index is 9.12. The molecule has 0 bridgehead atoms. The predicted molar refractivity (Wildman–Crippen MR) is 71.8 cm³/mol. The molecule has 0 heterocycles. The van der Waals surface area contributed by atoms with Crippen molar-refractivity contribution < 1.29 is 4.74 Å². The van der Waals surface area contributed by atoms with E-state index in [1.807, 2.05) is 31.3 Å². The number of anilines is 1. The molecule has 0 aromatic heterocycles. The van der Waals surface area contributed by atoms with Crippen molar-refractivity contribution in [3.05, 3.63) is 24.3 Å². The van der Waals surface area contributed by atoms with E-state index in [9.17, 15) is 0 Å². The highest BCUT2D eigenvalue weighted by molar-refractivity contribution is 5.48. The molecule has 1 unspecified atom stereocenters. The Morgan fingerprint density at radius 2 is 2.11 bits per heavy atom. The van der Waals surface area contributed by atoms with Gasteiger partial charge in [0.15, 0.2) is 0 Å². The van der Waals surface area contributed by atoms with Crippen LogP contribution in [-0.4, -0.2) is 32.8 Å². The highest BCUT2D eigenvalue weighted by atomic mass is 16.5. The molecule has 0 saturated heterocycles. The van der Waals surface area contributed by atoms with E-state index in [1.54, 1.807) is 7.11 Å². The van der Waals surface area contributed by atoms with Crippen LogP contribution in [-0.2, 0) is 0 Å². The maximum absolute atomic E-state index is 9.12. The quantitative estimate of drug-likeness (QED) is 0.830. The van der Waals surface area contributed by atoms with Crippen LogP contribution in [0.2, 0.25) is 0 Å². The van der Waals surface area contributed by atoms with Gasteiger partial charge < -0.3 is 9.64 Å². The summed E-state index contributed by atoms with van der Waals surface area (Å²) in [5.41, 5.74) is 1.09. The molecule has 1 saturated carbocycles. The predicted octanol–water partition coefficient (Wildman–Crippen LogP) is 1.78. The molecule has 96 valence electrons. The van der Waals surface area contributed by atoms with Crippen molar-refractivity contribution in [3.8, 4) is 11.8 Å². The minimum absolute atomic E-state index is 0.107. The third-order valence-electron chi connectivity index (χ3n) is 3.14. The first-order chi connectivity index (χ1) is 8.72. The van der Waals surface area contributed by atoms with Crippen LogP contribution in [0.25, 0.3) is 0 Å². The van der Waals surface area contributed by atoms with Gasteiger partial charge in [0.25, 0.3) is 0 Å². The summed E-state index contributed by atoms with van der Waals surface area (Å²) in [5, 5.41) is 12.5. The van der Waals surface area contributed by atoms with Crippen LogP contribution < -0.4 is 15.0 Å². The number of benzene rings is 1. The summed E-state index contributed by atoms with van der Waals surface area (Å²) in [6.07, 6.45) is 2.40. The number of ether oxygens (including phenoxy) is 1. The van der Waals surface area contributed by atoms with Gasteiger partial charge in [-0.25, -0.2) is 0 Å². The highest BCUT2D eigenvalue weighted by Gasteiger charge is 2.25. The molecule has 1 atom stereocenters. The van der Waals surface area contributed by atoms with Crippen molar-refractivity contribution in [2.45, 2.75) is 24.9 Å². The van der Waals surface area contributed by atoms with Gasteiger partial charge in [0.05, 0.1) is 13.2 Å². The monoisotopic (exact) mass is 245 g/mol. The normalized spacial score (nSPS) is 15.8. The van der Waals surface area contributed by atoms with Gasteiger partial charge in [0.2, 0.25) is 0 Å². The number of nitrogens with one attached hydrogen (secondary N) is 1. The molecule has 4 heteroatoms. The van der Waals surface area contributed by atoms with Crippen LogP contribution in [0.5, 0.6) is 5.75 Å². The molecule has 0 amide bonds. The van der Waals surface area contributed by atoms with Gasteiger partial charge >= 0.3 is 0 Å². The second-order valence-electron chi connectivity index (χ2n) is 4.70. The van der Waals surface area contributed by atoms with Crippen LogP contribution >= 0.6 is 0 Å². The van der Waals surface area contributed by atoms with E-state index in [2.05, 4.69) is 16.3 Å². The summed E-state index contributed by atoms with van der Waals surface area (Å²) in [4.78, 5) is 2.09. The molecule has 1 N–H and O–H groups in total. The first-order valence-electron chi connectivity index (χ1n) is 6.24. The van der Waals surface area contributed by atoms with Gasteiger partial charge in [0.1, 0.15) is 11.8 Å². The number of methoxy groups -OCH3 is 1. The van der Waals surface area contributed by atoms with Crippen LogP contribution in [0.1, 0.15) is 12.8 Å². The SMILES string of the molecule is COc1ccc(N(C)CC(C#N)NC2CC2)cc1. The number of hydrogen-bond acceptors (Lipinski definition) is 4. The molecule has 0 spiro atoms. The molecule has 18 heavy (non-hydrogen) atoms. The van der Waals surface area contributed by atoms with Gasteiger partial charge in [-0.3, -0.25) is 5.32 Å². The Kier molecular flexibility index (Phi) is 4.06. The fourth-order valence-corrected chi connectivity index (χ4v) is 1.88. The van der Waals surface area contributed by atoms with E-state index in [0.29, 0.717) is 12.6 Å². The second-order valence-corrected chi connectivity index (χ2v) is 4.70. The van der Waals surface area contributed by atoms with Crippen LogP contribution in [0.3, 0.4) is 0 Å². The molecule has 1 aliphatic rings. The lowest BCUT2D eigenvalue weighted by molar-refractivity contribution is 0.415. The van der Waals surface area contributed by atoms with Gasteiger partial charge in [0, 0.05) is 25.3 Å². The summed E-state index contributed by atoms with van der Waals surface area (Å²) in [6, 6.07) is 10.6. The molecular formula is C14H19N3O. The van der Waals surface area contributed by atoms with Crippen molar-refractivity contribution in [1.82, 2.24) is 5.32 Å². The van der Waals surface area contributed by atoms with E-state index in [0.717, 1.165) is 11.4 Å². The van der Waals surface area contributed by atoms with Crippen molar-refractivity contribution >= 4 is 5.69 Å². The molecule has 1 aliphatic carbocycles. The zero-order chi connectivity index (χ0) is 13.0. The fourth-order valence-electron chi connectivity index (χ4n) is 1.88. The summed E-state index contributed by atoms with van der Waals surface area (Å²) in [7, 11) is 3.66. The largest absolute Gasteiger partial charge is 0.497 e. The summed E-state index contributed by atoms with van der Waals surface area (Å²) in [6.45, 7) is 0.694. The van der Waals surface area contributed by atoms with Gasteiger partial charge in [-0.15, -0.1) is 0 Å². The average Bonchev–Trinajstić information content (AvgIpc) is 3.22. The van der Waals surface area contributed by atoms with Gasteiger partial charge in [-0.05, 0) is 37.1 Å². The smallest absolute Gasteiger partial charge is 0.119 e. The summed E-state index contributed by atoms with van der Waals surface area (Å²) < 4.78 is 5.13. The zero-order valence-electron chi connectivity index (χ0n) is 10.9. The van der Waals surface area contributed by atoms with Crippen molar-refractivity contribution in [1.29, 1.82) is 5.26 Å². The van der Waals surface area contributed by atoms with E-state index >= 15 is 0 Å². The fraction of sp³-hybridized carbons (Fsp3) is 0.500. The minimum Gasteiger partial charge on any atom is -0.497 e. The molecular weight excluding hydrogens is 226 g/mol. The third-order valence-corrected chi connectivity index (χ3v) is 3.14. The number of nitrogens with zero attached hydrogens (tertiary/aromatic N) is 2. The van der Waals surface area contributed by atoms with Crippen LogP contribution in [0.4, 0.5) is 5.69 Å². The maximum Gasteiger partial charge on any atom is 0.119 e. The standard InChI is InChI=1S/C14H19N3O/c1-17(10-12(9-15)16-11-3-4-11)13-5-7-14(18-2)8-6-13/h5-8,11-12,16H,3-4,10H2,1-2H3. The summed E-state index contributed by atoms with van der Waals surface area (Å²) in [5.74, 6) is 0.847. The Morgan fingerprint density at radius 3 is 2.61 bits per heavy atom. The lowest BCUT2D eigenvalue weighted by Gasteiger charge is -2.22. The third kappa shape index (κ3) is 3.38. The molecule has 1 aromatic carbocycles. The molecule has 4 nitrogen and oxygen atoms in total. The van der Waals surface area contributed by atoms with Gasteiger partial charge in [-0.2, -0.15) is 5.26 Å². The second kappa shape index (κ2) is 5.74. The number of hydrogen-bond donors (Lipinski definition) is 1. The number of nitriles is 1. The van der Waals surface area contributed by atoms with E-state index in [-0.39, 0.29) is 6.04 Å². The Balaban J connectivity index is 1.92. The van der Waals surface area contributed by atoms with Crippen molar-refractivity contribution in [3.63, 3.8) is 0 Å². The molecule has 0 aliphatic heterocycles. The van der Waals surface area contributed by atoms with Crippen molar-refractivity contribution in [2.75, 3.05) is 25.6 Å². The van der Waals surface area contributed by atoms with Gasteiger partial charge in [-0.1, -0.05) is 0 Å². The Morgan fingerprint density at radius 1 is 1.44 bits per heavy atom. The van der Waals surface area contributed by atoms with E-state index in [4.69, 9.17) is 10.00 Å². The minimum atomic E-state index is -0.107. The first-order valence-corrected chi connectivity index (χ1v) is 6.24. The van der Waals surface area contributed by atoms with E-state index < -0.39 is 0 Å². The molecule has 2 rings (SSSR count). The molecule has 0 radical (unpaired) electrons. The number of likely N-dealkylation sites (N-methyl/N-ethyl adjacent to an activating group) is 1. The zero-order valence-corrected chi connectivity index (χ0v) is 10.9. The highest BCUT2D eigenvalue weighted by Crippen LogP contribution is 2.21.